The Bertz CT molecular complexity index is 2270. The number of fused-ring (bicyclic) bond motifs is 4. The van der Waals surface area contributed by atoms with E-state index in [1.807, 2.05) is 78.9 Å². The maximum atomic E-state index is 15.0. The molecule has 4 saturated heterocycles. The third-order valence-corrected chi connectivity index (χ3v) is 13.0. The molecular formula is C50H61N3O16. The summed E-state index contributed by atoms with van der Waals surface area (Å²) in [6.07, 6.45) is -7.49. The van der Waals surface area contributed by atoms with Crippen LogP contribution in [-0.2, 0) is 64.8 Å². The summed E-state index contributed by atoms with van der Waals surface area (Å²) in [6, 6.07) is 24.0. The molecule has 4 aliphatic heterocycles. The average Bonchev–Trinajstić information content (AvgIpc) is 3.91. The van der Waals surface area contributed by atoms with Crippen LogP contribution in [0.5, 0.6) is 0 Å². The van der Waals surface area contributed by atoms with Gasteiger partial charge in [0.05, 0.1) is 32.4 Å². The fourth-order valence-corrected chi connectivity index (χ4v) is 9.85. The van der Waals surface area contributed by atoms with E-state index in [1.165, 1.54) is 5.06 Å². The molecule has 1 aliphatic carbocycles. The lowest BCUT2D eigenvalue weighted by atomic mass is 9.62. The predicted octanol–water partition coefficient (Wildman–Crippen LogP) is 1.11. The van der Waals surface area contributed by atoms with Crippen molar-refractivity contribution in [3.63, 3.8) is 0 Å². The first-order chi connectivity index (χ1) is 33.1. The number of rotatable bonds is 18. The van der Waals surface area contributed by atoms with Gasteiger partial charge in [-0.25, -0.2) is 0 Å². The van der Waals surface area contributed by atoms with Gasteiger partial charge in [0.2, 0.25) is 17.6 Å². The number of ether oxygens (including phenoxy) is 6. The Morgan fingerprint density at radius 1 is 0.899 bits per heavy atom. The number of benzene rings is 3. The van der Waals surface area contributed by atoms with E-state index >= 15 is 0 Å². The molecule has 0 unspecified atom stereocenters. The molecule has 0 aromatic heterocycles. The highest BCUT2D eigenvalue weighted by atomic mass is 16.8. The maximum Gasteiger partial charge on any atom is 0.327 e. The lowest BCUT2D eigenvalue weighted by Gasteiger charge is -2.48. The number of amides is 2. The van der Waals surface area contributed by atoms with Crippen LogP contribution in [0.15, 0.2) is 91.0 Å². The minimum Gasteiger partial charge on any atom is -0.460 e. The molecule has 12 atom stereocenters. The van der Waals surface area contributed by atoms with Crippen molar-refractivity contribution in [1.82, 2.24) is 15.7 Å². The number of hydroxylamine groups is 2. The predicted molar refractivity (Wildman–Crippen MR) is 241 cm³/mol. The van der Waals surface area contributed by atoms with Crippen LogP contribution in [0.25, 0.3) is 6.08 Å². The molecule has 5 aliphatic rings. The summed E-state index contributed by atoms with van der Waals surface area (Å²) < 4.78 is 36.6. The van der Waals surface area contributed by atoms with Gasteiger partial charge in [-0.2, -0.15) is 5.06 Å². The van der Waals surface area contributed by atoms with Gasteiger partial charge in [-0.05, 0) is 38.3 Å². The summed E-state index contributed by atoms with van der Waals surface area (Å²) in [5, 5.41) is 57.1. The van der Waals surface area contributed by atoms with E-state index in [2.05, 4.69) is 10.6 Å². The highest BCUT2D eigenvalue weighted by molar-refractivity contribution is 5.94. The number of nitrogens with one attached hydrogen (secondary N) is 2. The van der Waals surface area contributed by atoms with Crippen LogP contribution in [-0.4, -0.2) is 154 Å². The number of nitrogens with zero attached hydrogens (tertiary/aromatic N) is 1. The molecule has 4 heterocycles. The first-order valence-electron chi connectivity index (χ1n) is 23.3. The van der Waals surface area contributed by atoms with E-state index in [1.54, 1.807) is 39.0 Å². The van der Waals surface area contributed by atoms with Crippen LogP contribution in [0.1, 0.15) is 68.7 Å². The second-order valence-corrected chi connectivity index (χ2v) is 19.0. The van der Waals surface area contributed by atoms with Crippen LogP contribution in [0.2, 0.25) is 0 Å². The van der Waals surface area contributed by atoms with Crippen LogP contribution in [0.4, 0.5) is 0 Å². The van der Waals surface area contributed by atoms with Gasteiger partial charge in [0, 0.05) is 36.9 Å². The van der Waals surface area contributed by atoms with Crippen LogP contribution in [0, 0.1) is 5.41 Å². The summed E-state index contributed by atoms with van der Waals surface area (Å²) in [4.78, 5) is 61.6. The third-order valence-electron chi connectivity index (χ3n) is 13.0. The Hall–Kier alpha value is -5.16. The quantitative estimate of drug-likeness (QED) is 0.0881. The number of carbonyl (C=O) groups excluding carboxylic acids is 4. The van der Waals surface area contributed by atoms with E-state index in [-0.39, 0.29) is 45.4 Å². The molecule has 19 nitrogen and oxygen atoms in total. The maximum absolute atomic E-state index is 15.0. The SMILES string of the molecule is CC(C)(C)OC(=O)CC[C@@H](CO)NC(=O)CCNC(=O)[C@@]12C[C@H]3OC(=O)[C@@H]1N(Cc1cccc(C=CCO[C@H]4O[C@H](CO)[C@H](O)[C@H](O)[C@H]4O)c1)O[C@@H]2[C@H]1OC(c2ccccc2)(c2ccccc2)O[C@H]13. The summed E-state index contributed by atoms with van der Waals surface area (Å²) in [5.74, 6) is -3.65. The molecule has 0 radical (unpaired) electrons. The molecule has 69 heavy (non-hydrogen) atoms. The molecule has 8 rings (SSSR count). The van der Waals surface area contributed by atoms with Crippen molar-refractivity contribution in [3.05, 3.63) is 113 Å². The van der Waals surface area contributed by atoms with Crippen molar-refractivity contribution in [2.75, 3.05) is 26.4 Å². The largest absolute Gasteiger partial charge is 0.460 e. The third kappa shape index (κ3) is 10.5. The number of aliphatic hydroxyl groups excluding tert-OH is 5. The Morgan fingerprint density at radius 3 is 2.26 bits per heavy atom. The van der Waals surface area contributed by atoms with Gasteiger partial charge in [-0.3, -0.25) is 24.0 Å². The van der Waals surface area contributed by atoms with Crippen LogP contribution < -0.4 is 10.6 Å². The topological polar surface area (TPSA) is 261 Å². The minimum absolute atomic E-state index is 0.0151. The fourth-order valence-electron chi connectivity index (χ4n) is 9.85. The van der Waals surface area contributed by atoms with Crippen molar-refractivity contribution in [2.45, 2.75) is 132 Å². The minimum atomic E-state index is -1.58. The Kier molecular flexibility index (Phi) is 15.3. The van der Waals surface area contributed by atoms with Crippen molar-refractivity contribution < 1.29 is 78.0 Å². The van der Waals surface area contributed by atoms with Crippen molar-refractivity contribution in [3.8, 4) is 0 Å². The zero-order chi connectivity index (χ0) is 49.1. The zero-order valence-corrected chi connectivity index (χ0v) is 38.6. The van der Waals surface area contributed by atoms with Gasteiger partial charge in [0.15, 0.2) is 12.3 Å². The Balaban J connectivity index is 1.02. The summed E-state index contributed by atoms with van der Waals surface area (Å²) in [6.45, 7) is 4.07. The lowest BCUT2D eigenvalue weighted by Crippen LogP contribution is -2.69. The number of carbonyl (C=O) groups is 4. The van der Waals surface area contributed by atoms with E-state index in [9.17, 15) is 44.7 Å². The molecule has 3 aromatic rings. The Morgan fingerprint density at radius 2 is 1.59 bits per heavy atom. The molecular weight excluding hydrogens is 899 g/mol. The Labute approximate surface area is 399 Å². The number of hydrogen-bond acceptors (Lipinski definition) is 17. The molecule has 5 fully saturated rings. The molecule has 19 heteroatoms. The molecule has 3 aromatic carbocycles. The van der Waals surface area contributed by atoms with Gasteiger partial charge in [-0.1, -0.05) is 97.1 Å². The molecule has 2 amide bonds. The second-order valence-electron chi connectivity index (χ2n) is 19.0. The molecule has 2 bridgehead atoms. The first-order valence-corrected chi connectivity index (χ1v) is 23.3. The van der Waals surface area contributed by atoms with Crippen molar-refractivity contribution in [2.24, 2.45) is 5.41 Å². The zero-order valence-electron chi connectivity index (χ0n) is 38.6. The number of esters is 2. The highest BCUT2D eigenvalue weighted by Crippen LogP contribution is 2.59. The number of aliphatic hydroxyl groups is 5. The average molecular weight is 960 g/mol. The van der Waals surface area contributed by atoms with Crippen molar-refractivity contribution in [1.29, 1.82) is 0 Å². The fraction of sp³-hybridized carbons (Fsp3) is 0.520. The molecule has 0 spiro atoms. The smallest absolute Gasteiger partial charge is 0.327 e. The summed E-state index contributed by atoms with van der Waals surface area (Å²) in [5.41, 5.74) is 0.509. The summed E-state index contributed by atoms with van der Waals surface area (Å²) in [7, 11) is 0. The second kappa shape index (κ2) is 21.1. The van der Waals surface area contributed by atoms with E-state index in [0.29, 0.717) is 16.7 Å². The lowest BCUT2D eigenvalue weighted by molar-refractivity contribution is -0.298. The van der Waals surface area contributed by atoms with E-state index in [0.717, 1.165) is 5.56 Å². The van der Waals surface area contributed by atoms with E-state index < -0.39 is 121 Å². The van der Waals surface area contributed by atoms with Crippen LogP contribution >= 0.6 is 0 Å². The van der Waals surface area contributed by atoms with Gasteiger partial charge in [-0.15, -0.1) is 0 Å². The van der Waals surface area contributed by atoms with Gasteiger partial charge in [0.1, 0.15) is 59.8 Å². The molecule has 7 N–H and O–H groups in total. The van der Waals surface area contributed by atoms with Crippen LogP contribution in [0.3, 0.4) is 0 Å². The standard InChI is InChI=1S/C50H61N3O16/c1-48(2,3)66-37(57)20-19-33(27-54)52-36(56)21-22-51-47(62)49-25-34-41-42(68-50(67-41,31-15-6-4-7-16-31)32-17-8-5-9-18-32)44(49)69-53(43(49)45(61)64-34)26-30-13-10-12-29(24-30)14-11-23-63-46-40(60)39(59)38(58)35(28-55)65-46/h4-18,24,33-35,38-44,46,54-55,58-60H,19-23,25-28H2,1-3H3,(H,51,62)(H,52,56)/t33-,34+,35+,38-,39-,40+,41-,42-,43-,44+,46-,49-/m0/s1. The molecule has 372 valence electrons. The highest BCUT2D eigenvalue weighted by Gasteiger charge is 2.76. The van der Waals surface area contributed by atoms with Gasteiger partial charge < -0.3 is 64.6 Å². The van der Waals surface area contributed by atoms with Gasteiger partial charge >= 0.3 is 11.9 Å². The van der Waals surface area contributed by atoms with E-state index in [4.69, 9.17) is 33.3 Å². The van der Waals surface area contributed by atoms with Gasteiger partial charge in [0.25, 0.3) is 0 Å². The molecule has 1 saturated carbocycles. The first kappa shape index (κ1) is 50.2. The monoisotopic (exact) mass is 959 g/mol. The normalized spacial score (nSPS) is 30.9. The summed E-state index contributed by atoms with van der Waals surface area (Å²) >= 11 is 0. The number of hydrogen-bond donors (Lipinski definition) is 7. The van der Waals surface area contributed by atoms with Crippen molar-refractivity contribution >= 4 is 29.8 Å².